The van der Waals surface area contributed by atoms with Crippen molar-refractivity contribution in [3.63, 3.8) is 0 Å². The Balaban J connectivity index is 1.64. The summed E-state index contributed by atoms with van der Waals surface area (Å²) in [5.41, 5.74) is 2.13. The van der Waals surface area contributed by atoms with E-state index in [4.69, 9.17) is 4.42 Å². The van der Waals surface area contributed by atoms with Gasteiger partial charge in [0.2, 0.25) is 0 Å². The molecule has 6 heteroatoms. The molecule has 0 saturated carbocycles. The molecule has 0 saturated heterocycles. The van der Waals surface area contributed by atoms with E-state index in [1.807, 2.05) is 48.6 Å². The van der Waals surface area contributed by atoms with E-state index in [1.165, 1.54) is 0 Å². The van der Waals surface area contributed by atoms with Crippen LogP contribution in [-0.2, 0) is 0 Å². The van der Waals surface area contributed by atoms with Gasteiger partial charge in [-0.1, -0.05) is 18.2 Å². The van der Waals surface area contributed by atoms with Gasteiger partial charge in [0.15, 0.2) is 5.65 Å². The SMILES string of the molecule is Cc1nnc2ccc(C(=O)N(C)[C@@H](C)c3cc4ccccc4o3)cn12. The Bertz CT molecular complexity index is 1050. The van der Waals surface area contributed by atoms with E-state index in [0.717, 1.165) is 28.2 Å². The van der Waals surface area contributed by atoms with Crippen molar-refractivity contribution in [2.45, 2.75) is 19.9 Å². The Morgan fingerprint density at radius 3 is 2.80 bits per heavy atom. The number of fused-ring (bicyclic) bond motifs is 2. The van der Waals surface area contributed by atoms with Crippen LogP contribution >= 0.6 is 0 Å². The largest absolute Gasteiger partial charge is 0.459 e. The lowest BCUT2D eigenvalue weighted by atomic mass is 10.1. The van der Waals surface area contributed by atoms with E-state index in [1.54, 1.807) is 30.3 Å². The molecule has 0 radical (unpaired) electrons. The number of aromatic nitrogens is 3. The molecule has 3 aromatic heterocycles. The molecule has 126 valence electrons. The average molecular weight is 334 g/mol. The van der Waals surface area contributed by atoms with Gasteiger partial charge in [0.25, 0.3) is 5.91 Å². The lowest BCUT2D eigenvalue weighted by molar-refractivity contribution is 0.0727. The molecule has 0 fully saturated rings. The highest BCUT2D eigenvalue weighted by Crippen LogP contribution is 2.27. The second kappa shape index (κ2) is 5.73. The van der Waals surface area contributed by atoms with Crippen molar-refractivity contribution in [1.82, 2.24) is 19.5 Å². The maximum Gasteiger partial charge on any atom is 0.255 e. The van der Waals surface area contributed by atoms with Crippen molar-refractivity contribution < 1.29 is 9.21 Å². The van der Waals surface area contributed by atoms with Crippen LogP contribution in [0.4, 0.5) is 0 Å². The summed E-state index contributed by atoms with van der Waals surface area (Å²) in [6, 6.07) is 13.2. The molecule has 4 aromatic rings. The highest BCUT2D eigenvalue weighted by atomic mass is 16.3. The lowest BCUT2D eigenvalue weighted by Crippen LogP contribution is -2.29. The number of carbonyl (C=O) groups is 1. The van der Waals surface area contributed by atoms with Gasteiger partial charge in [-0.2, -0.15) is 0 Å². The molecule has 0 N–H and O–H groups in total. The third-order valence-corrected chi connectivity index (χ3v) is 4.58. The summed E-state index contributed by atoms with van der Waals surface area (Å²) < 4.78 is 7.71. The Hall–Kier alpha value is -3.15. The minimum atomic E-state index is -0.183. The summed E-state index contributed by atoms with van der Waals surface area (Å²) in [7, 11) is 1.78. The minimum absolute atomic E-state index is 0.0806. The molecule has 1 atom stereocenters. The van der Waals surface area contributed by atoms with E-state index in [9.17, 15) is 4.79 Å². The number of para-hydroxylation sites is 1. The van der Waals surface area contributed by atoms with Gasteiger partial charge < -0.3 is 9.32 Å². The monoisotopic (exact) mass is 334 g/mol. The molecule has 0 unspecified atom stereocenters. The molecule has 1 amide bonds. The van der Waals surface area contributed by atoms with E-state index < -0.39 is 0 Å². The minimum Gasteiger partial charge on any atom is -0.459 e. The molecule has 0 aliphatic rings. The van der Waals surface area contributed by atoms with Gasteiger partial charge in [0, 0.05) is 18.6 Å². The zero-order valence-corrected chi connectivity index (χ0v) is 14.3. The third kappa shape index (κ3) is 2.55. The number of furan rings is 1. The summed E-state index contributed by atoms with van der Waals surface area (Å²) in [6.45, 7) is 3.81. The Kier molecular flexibility index (Phi) is 3.53. The van der Waals surface area contributed by atoms with Crippen LogP contribution in [0.3, 0.4) is 0 Å². The van der Waals surface area contributed by atoms with Crippen LogP contribution in [0.1, 0.15) is 34.9 Å². The Morgan fingerprint density at radius 2 is 2.00 bits per heavy atom. The summed E-state index contributed by atoms with van der Waals surface area (Å²) in [5, 5.41) is 9.10. The Morgan fingerprint density at radius 1 is 1.20 bits per heavy atom. The number of hydrogen-bond donors (Lipinski definition) is 0. The van der Waals surface area contributed by atoms with Gasteiger partial charge in [0.05, 0.1) is 11.6 Å². The molecule has 6 nitrogen and oxygen atoms in total. The molecule has 0 bridgehead atoms. The van der Waals surface area contributed by atoms with E-state index in [0.29, 0.717) is 5.56 Å². The van der Waals surface area contributed by atoms with Gasteiger partial charge in [0.1, 0.15) is 17.2 Å². The molecule has 4 rings (SSSR count). The third-order valence-electron chi connectivity index (χ3n) is 4.58. The quantitative estimate of drug-likeness (QED) is 0.574. The highest BCUT2D eigenvalue weighted by molar-refractivity contribution is 5.94. The zero-order valence-electron chi connectivity index (χ0n) is 14.3. The van der Waals surface area contributed by atoms with Crippen molar-refractivity contribution in [3.05, 3.63) is 65.8 Å². The second-order valence-electron chi connectivity index (χ2n) is 6.17. The summed E-state index contributed by atoms with van der Waals surface area (Å²) in [4.78, 5) is 14.6. The van der Waals surface area contributed by atoms with Crippen LogP contribution in [0.15, 0.2) is 53.1 Å². The predicted octanol–water partition coefficient (Wildman–Crippen LogP) is 3.62. The van der Waals surface area contributed by atoms with Crippen molar-refractivity contribution in [2.24, 2.45) is 0 Å². The van der Waals surface area contributed by atoms with Crippen molar-refractivity contribution in [3.8, 4) is 0 Å². The van der Waals surface area contributed by atoms with Gasteiger partial charge in [-0.15, -0.1) is 10.2 Å². The number of aryl methyl sites for hydroxylation is 1. The number of amides is 1. The Labute approximate surface area is 144 Å². The maximum absolute atomic E-state index is 12.9. The first-order valence-corrected chi connectivity index (χ1v) is 8.11. The molecule has 25 heavy (non-hydrogen) atoms. The van der Waals surface area contributed by atoms with Crippen LogP contribution in [-0.4, -0.2) is 32.5 Å². The molecule has 1 aromatic carbocycles. The van der Waals surface area contributed by atoms with Crippen LogP contribution < -0.4 is 0 Å². The number of rotatable bonds is 3. The predicted molar refractivity (Wildman–Crippen MR) is 94.4 cm³/mol. The standard InChI is InChI=1S/C19H18N4O2/c1-12(17-10-14-6-4-5-7-16(14)25-17)22(3)19(24)15-8-9-18-21-20-13(2)23(18)11-15/h4-12H,1-3H3/t12-/m0/s1. The van der Waals surface area contributed by atoms with Crippen LogP contribution in [0, 0.1) is 6.92 Å². The number of pyridine rings is 1. The second-order valence-corrected chi connectivity index (χ2v) is 6.17. The summed E-state index contributed by atoms with van der Waals surface area (Å²) in [6.07, 6.45) is 1.77. The van der Waals surface area contributed by atoms with E-state index >= 15 is 0 Å². The van der Waals surface area contributed by atoms with Gasteiger partial charge in [-0.3, -0.25) is 9.20 Å². The average Bonchev–Trinajstić information content (AvgIpc) is 3.23. The highest BCUT2D eigenvalue weighted by Gasteiger charge is 2.22. The van der Waals surface area contributed by atoms with Crippen LogP contribution in [0.2, 0.25) is 0 Å². The molecule has 0 aliphatic carbocycles. The number of benzene rings is 1. The first-order valence-electron chi connectivity index (χ1n) is 8.11. The fourth-order valence-corrected chi connectivity index (χ4v) is 2.91. The fourth-order valence-electron chi connectivity index (χ4n) is 2.91. The van der Waals surface area contributed by atoms with Gasteiger partial charge in [-0.05, 0) is 38.1 Å². The van der Waals surface area contributed by atoms with E-state index in [2.05, 4.69) is 10.2 Å². The molecule has 0 aliphatic heterocycles. The van der Waals surface area contributed by atoms with Crippen LogP contribution in [0.5, 0.6) is 0 Å². The normalized spacial score (nSPS) is 12.6. The summed E-state index contributed by atoms with van der Waals surface area (Å²) in [5.74, 6) is 1.43. The van der Waals surface area contributed by atoms with Crippen molar-refractivity contribution in [2.75, 3.05) is 7.05 Å². The first kappa shape index (κ1) is 15.4. The van der Waals surface area contributed by atoms with Crippen molar-refractivity contribution in [1.29, 1.82) is 0 Å². The fraction of sp³-hybridized carbons (Fsp3) is 0.211. The molecular weight excluding hydrogens is 316 g/mol. The van der Waals surface area contributed by atoms with Gasteiger partial charge >= 0.3 is 0 Å². The first-order chi connectivity index (χ1) is 12.0. The zero-order chi connectivity index (χ0) is 17.6. The molecular formula is C19H18N4O2. The van der Waals surface area contributed by atoms with Gasteiger partial charge in [-0.25, -0.2) is 0 Å². The van der Waals surface area contributed by atoms with Crippen molar-refractivity contribution >= 4 is 22.5 Å². The lowest BCUT2D eigenvalue weighted by Gasteiger charge is -2.23. The number of nitrogens with zero attached hydrogens (tertiary/aromatic N) is 4. The topological polar surface area (TPSA) is 63.6 Å². The number of carbonyl (C=O) groups excluding carboxylic acids is 1. The number of hydrogen-bond acceptors (Lipinski definition) is 4. The molecule has 0 spiro atoms. The maximum atomic E-state index is 12.9. The smallest absolute Gasteiger partial charge is 0.255 e. The van der Waals surface area contributed by atoms with Crippen LogP contribution in [0.25, 0.3) is 16.6 Å². The van der Waals surface area contributed by atoms with E-state index in [-0.39, 0.29) is 11.9 Å². The summed E-state index contributed by atoms with van der Waals surface area (Å²) >= 11 is 0. The molecule has 3 heterocycles.